The van der Waals surface area contributed by atoms with Gasteiger partial charge in [-0.2, -0.15) is 0 Å². The lowest BCUT2D eigenvalue weighted by molar-refractivity contribution is 0.0129. The molecule has 0 fully saturated rings. The highest BCUT2D eigenvalue weighted by molar-refractivity contribution is 6.15. The van der Waals surface area contributed by atoms with Gasteiger partial charge in [-0.25, -0.2) is 4.79 Å². The second kappa shape index (κ2) is 12.7. The molecule has 0 saturated heterocycles. The summed E-state index contributed by atoms with van der Waals surface area (Å²) < 4.78 is 10.9. The minimum atomic E-state index is -1.02. The monoisotopic (exact) mass is 490 g/mol. The Labute approximate surface area is 212 Å². The van der Waals surface area contributed by atoms with Crippen molar-refractivity contribution in [2.45, 2.75) is 20.0 Å². The minimum Gasteiger partial charge on any atom is -0.491 e. The molecule has 0 aliphatic heterocycles. The number of rotatable bonds is 12. The number of ketones is 1. The van der Waals surface area contributed by atoms with Crippen LogP contribution in [0.15, 0.2) is 72.8 Å². The van der Waals surface area contributed by atoms with Crippen LogP contribution in [0.25, 0.3) is 0 Å². The van der Waals surface area contributed by atoms with E-state index in [1.165, 1.54) is 0 Å². The third kappa shape index (κ3) is 6.86. The Balaban J connectivity index is 1.75. The smallest absolute Gasteiger partial charge is 0.339 e. The van der Waals surface area contributed by atoms with Crippen LogP contribution in [0.4, 0.5) is 11.4 Å². The van der Waals surface area contributed by atoms with Crippen molar-refractivity contribution in [2.24, 2.45) is 0 Å². The zero-order chi connectivity index (χ0) is 26.1. The number of aliphatic hydroxyl groups excluding tert-OH is 1. The van der Waals surface area contributed by atoms with Gasteiger partial charge in [0.1, 0.15) is 25.1 Å². The van der Waals surface area contributed by atoms with E-state index in [1.54, 1.807) is 42.5 Å². The quantitative estimate of drug-likeness (QED) is 0.297. The number of hydrogen-bond donors (Lipinski definition) is 1. The summed E-state index contributed by atoms with van der Waals surface area (Å²) in [6.07, 6.45) is -1.02. The van der Waals surface area contributed by atoms with Crippen LogP contribution in [0.5, 0.6) is 5.75 Å². The standard InChI is InChI=1S/C29H34N2O5/c1-5-31(6-2)22-14-12-21(13-15-22)28(33)26-17-16-23(30(3)4)18-27(26)29(34)36-20-24(32)19-35-25-10-8-7-9-11-25/h7-18,24,32H,5-6,19-20H2,1-4H3. The lowest BCUT2D eigenvalue weighted by Gasteiger charge is -2.21. The molecule has 3 rings (SSSR count). The highest BCUT2D eigenvalue weighted by Crippen LogP contribution is 2.23. The number of nitrogens with zero attached hydrogens (tertiary/aromatic N) is 2. The van der Waals surface area contributed by atoms with Gasteiger partial charge >= 0.3 is 5.97 Å². The normalized spacial score (nSPS) is 11.5. The fourth-order valence-corrected chi connectivity index (χ4v) is 3.75. The van der Waals surface area contributed by atoms with Crippen molar-refractivity contribution in [1.29, 1.82) is 0 Å². The second-order valence-corrected chi connectivity index (χ2v) is 8.55. The molecule has 0 heterocycles. The van der Waals surface area contributed by atoms with Gasteiger partial charge in [-0.1, -0.05) is 18.2 Å². The Morgan fingerprint density at radius 2 is 1.47 bits per heavy atom. The van der Waals surface area contributed by atoms with Crippen LogP contribution in [0, 0.1) is 0 Å². The first-order chi connectivity index (χ1) is 17.3. The summed E-state index contributed by atoms with van der Waals surface area (Å²) in [6, 6.07) is 21.5. The van der Waals surface area contributed by atoms with Crippen molar-refractivity contribution in [2.75, 3.05) is 50.2 Å². The average Bonchev–Trinajstić information content (AvgIpc) is 2.91. The molecule has 0 amide bonds. The van der Waals surface area contributed by atoms with E-state index in [2.05, 4.69) is 18.7 Å². The summed E-state index contributed by atoms with van der Waals surface area (Å²) in [6.45, 7) is 5.61. The van der Waals surface area contributed by atoms with E-state index in [9.17, 15) is 14.7 Å². The molecule has 190 valence electrons. The Morgan fingerprint density at radius 3 is 2.08 bits per heavy atom. The summed E-state index contributed by atoms with van der Waals surface area (Å²) in [7, 11) is 3.70. The summed E-state index contributed by atoms with van der Waals surface area (Å²) >= 11 is 0. The fraction of sp³-hybridized carbons (Fsp3) is 0.310. The topological polar surface area (TPSA) is 79.3 Å². The molecule has 0 aromatic heterocycles. The third-order valence-electron chi connectivity index (χ3n) is 5.83. The molecule has 0 radical (unpaired) electrons. The lowest BCUT2D eigenvalue weighted by Crippen LogP contribution is -2.26. The van der Waals surface area contributed by atoms with E-state index in [0.717, 1.165) is 24.5 Å². The number of carbonyl (C=O) groups excluding carboxylic acids is 2. The van der Waals surface area contributed by atoms with E-state index in [4.69, 9.17) is 9.47 Å². The van der Waals surface area contributed by atoms with Crippen LogP contribution < -0.4 is 14.5 Å². The number of para-hydroxylation sites is 1. The first-order valence-electron chi connectivity index (χ1n) is 12.1. The van der Waals surface area contributed by atoms with Gasteiger partial charge < -0.3 is 24.4 Å². The van der Waals surface area contributed by atoms with Gasteiger partial charge in [-0.05, 0) is 68.4 Å². The van der Waals surface area contributed by atoms with Crippen LogP contribution in [0.2, 0.25) is 0 Å². The summed E-state index contributed by atoms with van der Waals surface area (Å²) in [5.41, 5.74) is 2.66. The fourth-order valence-electron chi connectivity index (χ4n) is 3.75. The van der Waals surface area contributed by atoms with Crippen LogP contribution in [-0.4, -0.2) is 63.4 Å². The largest absolute Gasteiger partial charge is 0.491 e. The first-order valence-corrected chi connectivity index (χ1v) is 12.1. The average molecular weight is 491 g/mol. The molecule has 3 aromatic carbocycles. The Kier molecular flexibility index (Phi) is 9.47. The molecule has 3 aromatic rings. The Bertz CT molecular complexity index is 1140. The van der Waals surface area contributed by atoms with E-state index in [0.29, 0.717) is 11.3 Å². The number of ether oxygens (including phenoxy) is 2. The van der Waals surface area contributed by atoms with Crippen LogP contribution in [-0.2, 0) is 4.74 Å². The second-order valence-electron chi connectivity index (χ2n) is 8.55. The van der Waals surface area contributed by atoms with Crippen molar-refractivity contribution >= 4 is 23.1 Å². The van der Waals surface area contributed by atoms with E-state index >= 15 is 0 Å². The number of hydrogen-bond acceptors (Lipinski definition) is 7. The predicted octanol–water partition coefficient (Wildman–Crippen LogP) is 4.43. The van der Waals surface area contributed by atoms with Crippen LogP contribution in [0.3, 0.4) is 0 Å². The minimum absolute atomic E-state index is 0.0281. The summed E-state index contributed by atoms with van der Waals surface area (Å²) in [5.74, 6) is -0.339. The molecule has 0 saturated carbocycles. The maximum Gasteiger partial charge on any atom is 0.339 e. The number of aliphatic hydroxyl groups is 1. The number of anilines is 2. The molecular weight excluding hydrogens is 456 g/mol. The van der Waals surface area contributed by atoms with Crippen molar-refractivity contribution in [3.8, 4) is 5.75 Å². The molecule has 0 spiro atoms. The van der Waals surface area contributed by atoms with Crippen molar-refractivity contribution in [3.05, 3.63) is 89.5 Å². The number of carbonyl (C=O) groups is 2. The number of esters is 1. The molecule has 0 bridgehead atoms. The van der Waals surface area contributed by atoms with Crippen molar-refractivity contribution < 1.29 is 24.2 Å². The Hall–Kier alpha value is -3.84. The molecule has 1 N–H and O–H groups in total. The van der Waals surface area contributed by atoms with Gasteiger partial charge in [0.2, 0.25) is 0 Å². The van der Waals surface area contributed by atoms with Crippen LogP contribution in [0.1, 0.15) is 40.1 Å². The maximum atomic E-state index is 13.4. The zero-order valence-corrected chi connectivity index (χ0v) is 21.3. The van der Waals surface area contributed by atoms with E-state index in [1.807, 2.05) is 49.3 Å². The van der Waals surface area contributed by atoms with Crippen molar-refractivity contribution in [1.82, 2.24) is 0 Å². The highest BCUT2D eigenvalue weighted by Gasteiger charge is 2.22. The molecular formula is C29H34N2O5. The third-order valence-corrected chi connectivity index (χ3v) is 5.83. The molecule has 7 nitrogen and oxygen atoms in total. The first kappa shape index (κ1) is 26.8. The predicted molar refractivity (Wildman–Crippen MR) is 142 cm³/mol. The van der Waals surface area contributed by atoms with Gasteiger partial charge in [0.15, 0.2) is 5.78 Å². The molecule has 1 atom stereocenters. The lowest BCUT2D eigenvalue weighted by atomic mass is 9.97. The molecule has 7 heteroatoms. The molecule has 1 unspecified atom stereocenters. The Morgan fingerprint density at radius 1 is 0.833 bits per heavy atom. The SMILES string of the molecule is CCN(CC)c1ccc(C(=O)c2ccc(N(C)C)cc2C(=O)OCC(O)COc2ccccc2)cc1. The van der Waals surface area contributed by atoms with Gasteiger partial charge in [0.25, 0.3) is 0 Å². The molecule has 36 heavy (non-hydrogen) atoms. The van der Waals surface area contributed by atoms with Gasteiger partial charge in [-0.3, -0.25) is 4.79 Å². The van der Waals surface area contributed by atoms with Crippen molar-refractivity contribution in [3.63, 3.8) is 0 Å². The van der Waals surface area contributed by atoms with Gasteiger partial charge in [0.05, 0.1) is 5.56 Å². The maximum absolute atomic E-state index is 13.4. The molecule has 0 aliphatic rings. The number of benzene rings is 3. The van der Waals surface area contributed by atoms with Crippen LogP contribution >= 0.6 is 0 Å². The van der Waals surface area contributed by atoms with Gasteiger partial charge in [0, 0.05) is 49.7 Å². The summed E-state index contributed by atoms with van der Waals surface area (Å²) in [4.78, 5) is 30.4. The highest BCUT2D eigenvalue weighted by atomic mass is 16.5. The zero-order valence-electron chi connectivity index (χ0n) is 21.3. The van der Waals surface area contributed by atoms with Gasteiger partial charge in [-0.15, -0.1) is 0 Å². The summed E-state index contributed by atoms with van der Waals surface area (Å²) in [5, 5.41) is 10.2. The van der Waals surface area contributed by atoms with E-state index in [-0.39, 0.29) is 30.1 Å². The molecule has 0 aliphatic carbocycles. The van der Waals surface area contributed by atoms with E-state index < -0.39 is 12.1 Å².